The van der Waals surface area contributed by atoms with Crippen LogP contribution in [0.15, 0.2) is 48.8 Å². The van der Waals surface area contributed by atoms with Crippen LogP contribution in [0.4, 0.5) is 0 Å². The fourth-order valence-corrected chi connectivity index (χ4v) is 2.07. The fraction of sp³-hybridized carbons (Fsp3) is 0.0667. The summed E-state index contributed by atoms with van der Waals surface area (Å²) in [5.74, 6) is 0.474. The van der Waals surface area contributed by atoms with E-state index in [2.05, 4.69) is 9.97 Å². The molecule has 0 saturated carbocycles. The predicted octanol–water partition coefficient (Wildman–Crippen LogP) is 3.57. The van der Waals surface area contributed by atoms with Crippen LogP contribution in [0, 0.1) is 0 Å². The van der Waals surface area contributed by atoms with E-state index in [1.54, 1.807) is 12.3 Å². The third-order valence-corrected chi connectivity index (χ3v) is 3.11. The SMILES string of the molecule is Oc1cnc(OCc2ccccc2)c2cnc(Cl)cc12. The molecule has 3 aromatic rings. The van der Waals surface area contributed by atoms with Crippen molar-refractivity contribution in [3.05, 3.63) is 59.5 Å². The highest BCUT2D eigenvalue weighted by atomic mass is 35.5. The van der Waals surface area contributed by atoms with Crippen molar-refractivity contribution in [3.8, 4) is 11.6 Å². The maximum Gasteiger partial charge on any atom is 0.223 e. The van der Waals surface area contributed by atoms with Gasteiger partial charge in [0.2, 0.25) is 5.88 Å². The van der Waals surface area contributed by atoms with E-state index in [0.29, 0.717) is 28.4 Å². The monoisotopic (exact) mass is 286 g/mol. The number of ether oxygens (including phenoxy) is 1. The summed E-state index contributed by atoms with van der Waals surface area (Å²) in [4.78, 5) is 8.09. The molecule has 0 fully saturated rings. The second-order valence-corrected chi connectivity index (χ2v) is 4.66. The molecule has 0 aliphatic rings. The van der Waals surface area contributed by atoms with Crippen molar-refractivity contribution < 1.29 is 9.84 Å². The molecule has 20 heavy (non-hydrogen) atoms. The van der Waals surface area contributed by atoms with Crippen LogP contribution in [0.25, 0.3) is 10.8 Å². The van der Waals surface area contributed by atoms with Crippen LogP contribution < -0.4 is 4.74 Å². The minimum Gasteiger partial charge on any atom is -0.506 e. The Bertz CT molecular complexity index is 747. The summed E-state index contributed by atoms with van der Waals surface area (Å²) in [5, 5.41) is 11.3. The molecule has 5 heteroatoms. The first kappa shape index (κ1) is 12.7. The quantitative estimate of drug-likeness (QED) is 0.748. The standard InChI is InChI=1S/C15H11ClN2O2/c16-14-6-11-12(7-17-14)15(18-8-13(11)19)20-9-10-4-2-1-3-5-10/h1-8,19H,9H2. The molecule has 100 valence electrons. The van der Waals surface area contributed by atoms with Crippen LogP contribution in [0.1, 0.15) is 5.56 Å². The van der Waals surface area contributed by atoms with Crippen LogP contribution >= 0.6 is 11.6 Å². The molecule has 0 atom stereocenters. The smallest absolute Gasteiger partial charge is 0.223 e. The fourth-order valence-electron chi connectivity index (χ4n) is 1.91. The van der Waals surface area contributed by atoms with E-state index in [0.717, 1.165) is 5.56 Å². The first-order chi connectivity index (χ1) is 9.74. The van der Waals surface area contributed by atoms with Gasteiger partial charge in [-0.25, -0.2) is 9.97 Å². The average molecular weight is 287 g/mol. The lowest BCUT2D eigenvalue weighted by Crippen LogP contribution is -1.98. The van der Waals surface area contributed by atoms with E-state index in [4.69, 9.17) is 16.3 Å². The van der Waals surface area contributed by atoms with Gasteiger partial charge in [-0.05, 0) is 11.6 Å². The summed E-state index contributed by atoms with van der Waals surface area (Å²) in [6.45, 7) is 0.399. The summed E-state index contributed by atoms with van der Waals surface area (Å²) in [6, 6.07) is 11.4. The Hall–Kier alpha value is -2.33. The Morgan fingerprint density at radius 1 is 1.05 bits per heavy atom. The van der Waals surface area contributed by atoms with Crippen molar-refractivity contribution >= 4 is 22.4 Å². The summed E-state index contributed by atoms with van der Waals surface area (Å²) in [5.41, 5.74) is 1.04. The lowest BCUT2D eigenvalue weighted by Gasteiger charge is -2.09. The second kappa shape index (κ2) is 5.35. The van der Waals surface area contributed by atoms with Crippen molar-refractivity contribution in [3.63, 3.8) is 0 Å². The van der Waals surface area contributed by atoms with Gasteiger partial charge < -0.3 is 9.84 Å². The minimum absolute atomic E-state index is 0.0522. The van der Waals surface area contributed by atoms with E-state index in [9.17, 15) is 5.11 Å². The highest BCUT2D eigenvalue weighted by molar-refractivity contribution is 6.30. The number of hydrogen-bond acceptors (Lipinski definition) is 4. The first-order valence-electron chi connectivity index (χ1n) is 6.04. The van der Waals surface area contributed by atoms with Crippen molar-refractivity contribution in [2.45, 2.75) is 6.61 Å². The van der Waals surface area contributed by atoms with Gasteiger partial charge in [-0.15, -0.1) is 0 Å². The van der Waals surface area contributed by atoms with E-state index in [1.165, 1.54) is 6.20 Å². The van der Waals surface area contributed by atoms with Crippen molar-refractivity contribution in [2.24, 2.45) is 0 Å². The van der Waals surface area contributed by atoms with Crippen molar-refractivity contribution in [1.82, 2.24) is 9.97 Å². The summed E-state index contributed by atoms with van der Waals surface area (Å²) in [7, 11) is 0. The molecule has 0 spiro atoms. The molecular formula is C15H11ClN2O2. The van der Waals surface area contributed by atoms with E-state index >= 15 is 0 Å². The zero-order chi connectivity index (χ0) is 13.9. The number of fused-ring (bicyclic) bond motifs is 1. The number of halogens is 1. The van der Waals surface area contributed by atoms with Crippen LogP contribution in [-0.4, -0.2) is 15.1 Å². The van der Waals surface area contributed by atoms with Crippen LogP contribution in [0.5, 0.6) is 11.6 Å². The van der Waals surface area contributed by atoms with Gasteiger partial charge in [0.15, 0.2) is 0 Å². The predicted molar refractivity (Wildman–Crippen MR) is 77.0 cm³/mol. The van der Waals surface area contributed by atoms with E-state index in [1.807, 2.05) is 30.3 Å². The Labute approximate surface area is 120 Å². The van der Waals surface area contributed by atoms with Crippen LogP contribution in [0.3, 0.4) is 0 Å². The van der Waals surface area contributed by atoms with Gasteiger partial charge in [0.25, 0.3) is 0 Å². The minimum atomic E-state index is 0.0522. The second-order valence-electron chi connectivity index (χ2n) is 4.28. The molecule has 0 aliphatic heterocycles. The van der Waals surface area contributed by atoms with Crippen LogP contribution in [0.2, 0.25) is 5.15 Å². The Balaban J connectivity index is 1.94. The Morgan fingerprint density at radius 2 is 1.85 bits per heavy atom. The lowest BCUT2D eigenvalue weighted by molar-refractivity contribution is 0.297. The molecule has 2 aromatic heterocycles. The highest BCUT2D eigenvalue weighted by Gasteiger charge is 2.09. The molecule has 1 N–H and O–H groups in total. The third kappa shape index (κ3) is 2.51. The average Bonchev–Trinajstić information content (AvgIpc) is 2.48. The Morgan fingerprint density at radius 3 is 2.65 bits per heavy atom. The molecule has 0 radical (unpaired) electrons. The number of aromatic hydroxyl groups is 1. The van der Waals surface area contributed by atoms with Gasteiger partial charge in [0.1, 0.15) is 17.5 Å². The third-order valence-electron chi connectivity index (χ3n) is 2.90. The van der Waals surface area contributed by atoms with Gasteiger partial charge in [0.05, 0.1) is 11.6 Å². The molecule has 3 rings (SSSR count). The number of nitrogens with zero attached hydrogens (tertiary/aromatic N) is 2. The highest BCUT2D eigenvalue weighted by Crippen LogP contribution is 2.31. The molecule has 0 bridgehead atoms. The van der Waals surface area contributed by atoms with Crippen molar-refractivity contribution in [2.75, 3.05) is 0 Å². The number of benzene rings is 1. The Kier molecular flexibility index (Phi) is 3.39. The van der Waals surface area contributed by atoms with Gasteiger partial charge in [0, 0.05) is 11.6 Å². The normalized spacial score (nSPS) is 10.7. The van der Waals surface area contributed by atoms with Gasteiger partial charge in [-0.1, -0.05) is 41.9 Å². The number of hydrogen-bond donors (Lipinski definition) is 1. The number of aromatic nitrogens is 2. The van der Waals surface area contributed by atoms with Crippen molar-refractivity contribution in [1.29, 1.82) is 0 Å². The molecule has 0 amide bonds. The molecule has 4 nitrogen and oxygen atoms in total. The van der Waals surface area contributed by atoms with Gasteiger partial charge >= 0.3 is 0 Å². The molecular weight excluding hydrogens is 276 g/mol. The summed E-state index contributed by atoms with van der Waals surface area (Å²) in [6.07, 6.45) is 2.89. The zero-order valence-corrected chi connectivity index (χ0v) is 11.2. The number of pyridine rings is 2. The molecule has 1 aromatic carbocycles. The first-order valence-corrected chi connectivity index (χ1v) is 6.42. The molecule has 2 heterocycles. The molecule has 0 saturated heterocycles. The maximum atomic E-state index is 9.80. The number of rotatable bonds is 3. The topological polar surface area (TPSA) is 55.2 Å². The molecule has 0 aliphatic carbocycles. The van der Waals surface area contributed by atoms with Crippen LogP contribution in [-0.2, 0) is 6.61 Å². The summed E-state index contributed by atoms with van der Waals surface area (Å²) >= 11 is 5.83. The summed E-state index contributed by atoms with van der Waals surface area (Å²) < 4.78 is 5.69. The zero-order valence-electron chi connectivity index (χ0n) is 10.5. The van der Waals surface area contributed by atoms with Gasteiger partial charge in [-0.2, -0.15) is 0 Å². The van der Waals surface area contributed by atoms with E-state index < -0.39 is 0 Å². The maximum absolute atomic E-state index is 9.80. The van der Waals surface area contributed by atoms with Gasteiger partial charge in [-0.3, -0.25) is 0 Å². The molecule has 0 unspecified atom stereocenters. The van der Waals surface area contributed by atoms with E-state index in [-0.39, 0.29) is 5.75 Å². The lowest BCUT2D eigenvalue weighted by atomic mass is 10.2. The largest absolute Gasteiger partial charge is 0.506 e.